The van der Waals surface area contributed by atoms with Crippen LogP contribution in [0.2, 0.25) is 0 Å². The zero-order chi connectivity index (χ0) is 14.9. The summed E-state index contributed by atoms with van der Waals surface area (Å²) < 4.78 is 12.8. The van der Waals surface area contributed by atoms with Crippen molar-refractivity contribution in [3.63, 3.8) is 0 Å². The Morgan fingerprint density at radius 1 is 1.27 bits per heavy atom. The van der Waals surface area contributed by atoms with Gasteiger partial charge in [-0.2, -0.15) is 4.68 Å². The number of hydrogen-bond acceptors (Lipinski definition) is 4. The van der Waals surface area contributed by atoms with Gasteiger partial charge in [0, 0.05) is 5.92 Å². The standard InChI is InChI=1S/C16H21N3O2S/c22-16-19(17-15(21-16)14-8-4-10-20-14)11-18-9-3-6-12-5-1-2-7-13(12)18/h4,8,10,12-13H,1-3,5-7,9,11H2/p+1/t12-,13+/m1/s1. The first-order valence-electron chi connectivity index (χ1n) is 8.27. The average Bonchev–Trinajstić information content (AvgIpc) is 3.18. The van der Waals surface area contributed by atoms with Gasteiger partial charge in [-0.05, 0) is 56.5 Å². The fourth-order valence-corrected chi connectivity index (χ4v) is 4.35. The number of fused-ring (bicyclic) bond motifs is 1. The van der Waals surface area contributed by atoms with Crippen LogP contribution in [0.25, 0.3) is 11.7 Å². The first kappa shape index (κ1) is 14.2. The van der Waals surface area contributed by atoms with Crippen LogP contribution in [0.1, 0.15) is 38.5 Å². The normalized spacial score (nSPS) is 28.5. The Kier molecular flexibility index (Phi) is 3.88. The lowest BCUT2D eigenvalue weighted by Crippen LogP contribution is -3.17. The highest BCUT2D eigenvalue weighted by Gasteiger charge is 2.36. The SMILES string of the molecule is S=c1oc(-c2ccco2)nn1C[NH+]1CCC[C@H]2CCCC[C@@H]21. The van der Waals surface area contributed by atoms with Crippen molar-refractivity contribution < 1.29 is 13.7 Å². The molecule has 118 valence electrons. The third kappa shape index (κ3) is 2.65. The summed E-state index contributed by atoms with van der Waals surface area (Å²) in [5.41, 5.74) is 0. The molecular formula is C16H22N3O2S+. The van der Waals surface area contributed by atoms with Gasteiger partial charge in [-0.25, -0.2) is 0 Å². The van der Waals surface area contributed by atoms with Gasteiger partial charge in [-0.3, -0.25) is 0 Å². The molecular weight excluding hydrogens is 298 g/mol. The fraction of sp³-hybridized carbons (Fsp3) is 0.625. The molecule has 0 spiro atoms. The number of nitrogens with one attached hydrogen (secondary N) is 1. The number of rotatable bonds is 3. The third-order valence-electron chi connectivity index (χ3n) is 5.20. The Morgan fingerprint density at radius 2 is 2.14 bits per heavy atom. The van der Waals surface area contributed by atoms with Crippen LogP contribution in [0.4, 0.5) is 0 Å². The van der Waals surface area contributed by atoms with E-state index in [1.165, 1.54) is 45.1 Å². The minimum absolute atomic E-state index is 0.442. The average molecular weight is 320 g/mol. The summed E-state index contributed by atoms with van der Waals surface area (Å²) in [6.45, 7) is 2.02. The van der Waals surface area contributed by atoms with E-state index in [0.717, 1.165) is 18.6 Å². The van der Waals surface area contributed by atoms with E-state index in [9.17, 15) is 0 Å². The second-order valence-corrected chi connectivity index (χ2v) is 6.86. The Hall–Kier alpha value is -1.40. The minimum Gasteiger partial charge on any atom is -0.459 e. The maximum absolute atomic E-state index is 5.60. The molecule has 1 unspecified atom stereocenters. The molecule has 2 aromatic rings. The van der Waals surface area contributed by atoms with Gasteiger partial charge in [0.1, 0.15) is 0 Å². The molecule has 22 heavy (non-hydrogen) atoms. The summed E-state index contributed by atoms with van der Waals surface area (Å²) in [7, 11) is 0. The van der Waals surface area contributed by atoms with Crippen molar-refractivity contribution in [2.24, 2.45) is 5.92 Å². The maximum atomic E-state index is 5.60. The highest BCUT2D eigenvalue weighted by molar-refractivity contribution is 7.71. The number of hydrogen-bond donors (Lipinski definition) is 1. The Bertz CT molecular complexity index is 674. The Balaban J connectivity index is 1.54. The van der Waals surface area contributed by atoms with E-state index in [4.69, 9.17) is 21.1 Å². The van der Waals surface area contributed by atoms with Crippen molar-refractivity contribution in [1.82, 2.24) is 9.78 Å². The minimum atomic E-state index is 0.442. The first-order valence-corrected chi connectivity index (χ1v) is 8.68. The van der Waals surface area contributed by atoms with Crippen LogP contribution in [0.3, 0.4) is 0 Å². The monoisotopic (exact) mass is 320 g/mol. The molecule has 0 aromatic carbocycles. The van der Waals surface area contributed by atoms with Crippen LogP contribution >= 0.6 is 12.2 Å². The molecule has 3 heterocycles. The maximum Gasteiger partial charge on any atom is 0.292 e. The lowest BCUT2D eigenvalue weighted by Gasteiger charge is -2.40. The van der Waals surface area contributed by atoms with Gasteiger partial charge in [-0.15, -0.1) is 5.10 Å². The van der Waals surface area contributed by atoms with Crippen molar-refractivity contribution in [2.75, 3.05) is 6.54 Å². The molecule has 6 heteroatoms. The molecule has 2 aliphatic rings. The van der Waals surface area contributed by atoms with Crippen molar-refractivity contribution in [1.29, 1.82) is 0 Å². The highest BCUT2D eigenvalue weighted by atomic mass is 32.1. The van der Waals surface area contributed by atoms with Crippen molar-refractivity contribution in [3.8, 4) is 11.7 Å². The van der Waals surface area contributed by atoms with E-state index >= 15 is 0 Å². The number of piperidine rings is 1. The van der Waals surface area contributed by atoms with Crippen molar-refractivity contribution in [3.05, 3.63) is 23.2 Å². The zero-order valence-electron chi connectivity index (χ0n) is 12.7. The largest absolute Gasteiger partial charge is 0.459 e. The van der Waals surface area contributed by atoms with E-state index < -0.39 is 0 Å². The van der Waals surface area contributed by atoms with Crippen molar-refractivity contribution in [2.45, 2.75) is 51.2 Å². The number of aromatic nitrogens is 2. The first-order chi connectivity index (χ1) is 10.8. The molecule has 1 aliphatic heterocycles. The van der Waals surface area contributed by atoms with E-state index in [-0.39, 0.29) is 0 Å². The molecule has 1 saturated carbocycles. The van der Waals surface area contributed by atoms with Crippen LogP contribution in [-0.4, -0.2) is 22.4 Å². The number of furan rings is 1. The van der Waals surface area contributed by atoms with Crippen LogP contribution < -0.4 is 4.90 Å². The Morgan fingerprint density at radius 3 is 3.00 bits per heavy atom. The summed E-state index contributed by atoms with van der Waals surface area (Å²) in [6, 6.07) is 4.44. The molecule has 1 saturated heterocycles. The molecule has 0 bridgehead atoms. The van der Waals surface area contributed by atoms with E-state index in [1.807, 2.05) is 16.8 Å². The predicted molar refractivity (Wildman–Crippen MR) is 83.8 cm³/mol. The summed E-state index contributed by atoms with van der Waals surface area (Å²) in [4.78, 5) is 2.06. The summed E-state index contributed by atoms with van der Waals surface area (Å²) >= 11 is 5.34. The second-order valence-electron chi connectivity index (χ2n) is 6.51. The molecule has 5 nitrogen and oxygen atoms in total. The molecule has 4 rings (SSSR count). The van der Waals surface area contributed by atoms with Gasteiger partial charge in [0.05, 0.1) is 18.8 Å². The highest BCUT2D eigenvalue weighted by Crippen LogP contribution is 2.28. The molecule has 1 N–H and O–H groups in total. The van der Waals surface area contributed by atoms with Crippen LogP contribution in [0.5, 0.6) is 0 Å². The smallest absolute Gasteiger partial charge is 0.292 e. The Labute approximate surface area is 134 Å². The molecule has 3 atom stereocenters. The van der Waals surface area contributed by atoms with Gasteiger partial charge in [0.15, 0.2) is 12.4 Å². The molecule has 0 amide bonds. The fourth-order valence-electron chi connectivity index (χ4n) is 4.16. The molecule has 0 radical (unpaired) electrons. The van der Waals surface area contributed by atoms with Gasteiger partial charge in [0.25, 0.3) is 10.7 Å². The predicted octanol–water partition coefficient (Wildman–Crippen LogP) is 2.66. The van der Waals surface area contributed by atoms with Crippen molar-refractivity contribution >= 4 is 12.2 Å². The molecule has 1 aliphatic carbocycles. The lowest BCUT2D eigenvalue weighted by molar-refractivity contribution is -0.958. The van der Waals surface area contributed by atoms with Crippen LogP contribution in [-0.2, 0) is 6.67 Å². The molecule has 2 fully saturated rings. The zero-order valence-corrected chi connectivity index (χ0v) is 13.5. The number of nitrogens with zero attached hydrogens (tertiary/aromatic N) is 2. The molecule has 2 aromatic heterocycles. The quantitative estimate of drug-likeness (QED) is 0.883. The van der Waals surface area contributed by atoms with Gasteiger partial charge >= 0.3 is 0 Å². The summed E-state index contributed by atoms with van der Waals surface area (Å²) in [5.74, 6) is 2.00. The summed E-state index contributed by atoms with van der Waals surface area (Å²) in [6.07, 6.45) is 9.84. The van der Waals surface area contributed by atoms with Crippen LogP contribution in [0.15, 0.2) is 27.2 Å². The van der Waals surface area contributed by atoms with Crippen LogP contribution in [0, 0.1) is 10.8 Å². The second kappa shape index (κ2) is 6.01. The van der Waals surface area contributed by atoms with E-state index in [0.29, 0.717) is 16.5 Å². The summed E-state index contributed by atoms with van der Waals surface area (Å²) in [5, 5.41) is 4.52. The van der Waals surface area contributed by atoms with E-state index in [2.05, 4.69) is 5.10 Å². The van der Waals surface area contributed by atoms with Gasteiger partial charge in [-0.1, -0.05) is 6.42 Å². The topological polar surface area (TPSA) is 48.5 Å². The third-order valence-corrected chi connectivity index (χ3v) is 5.49. The number of likely N-dealkylation sites (tertiary alicyclic amines) is 1. The lowest BCUT2D eigenvalue weighted by atomic mass is 9.78. The van der Waals surface area contributed by atoms with E-state index in [1.54, 1.807) is 11.2 Å². The van der Waals surface area contributed by atoms with Gasteiger partial charge in [0.2, 0.25) is 0 Å². The number of quaternary nitrogens is 1. The van der Waals surface area contributed by atoms with Gasteiger partial charge < -0.3 is 13.7 Å².